The van der Waals surface area contributed by atoms with E-state index >= 15 is 0 Å². The van der Waals surface area contributed by atoms with Crippen molar-refractivity contribution in [2.75, 3.05) is 13.1 Å². The van der Waals surface area contributed by atoms with E-state index in [9.17, 15) is 14.4 Å². The number of allylic oxidation sites excluding steroid dienone is 2. The molecule has 7 atom stereocenters. The standard InChI is InChI=1S/C23H25N3O3S/c27-18-4-5-19(28)22-15-7-13(21(18)22)8-16(15)24-23(30)25-9-12-6-14(11-25)17-2-1-3-20(29)26(17)10-12/h1-5,12-16,21-22H,6-11H2,(H,24,30). The number of hydrogen-bond acceptors (Lipinski definition) is 4. The zero-order valence-electron chi connectivity index (χ0n) is 16.7. The molecule has 3 fully saturated rings. The lowest BCUT2D eigenvalue weighted by Crippen LogP contribution is -2.55. The van der Waals surface area contributed by atoms with E-state index in [0.29, 0.717) is 17.8 Å². The Balaban J connectivity index is 1.17. The Kier molecular flexibility index (Phi) is 4.07. The van der Waals surface area contributed by atoms with Gasteiger partial charge in [0.2, 0.25) is 0 Å². The van der Waals surface area contributed by atoms with Crippen LogP contribution in [0.1, 0.15) is 30.9 Å². The summed E-state index contributed by atoms with van der Waals surface area (Å²) >= 11 is 5.81. The molecular formula is C23H25N3O3S. The summed E-state index contributed by atoms with van der Waals surface area (Å²) in [7, 11) is 0. The second-order valence-corrected chi connectivity index (χ2v) is 10.1. The highest BCUT2D eigenvalue weighted by Crippen LogP contribution is 2.54. The second kappa shape index (κ2) is 6.61. The van der Waals surface area contributed by atoms with Crippen LogP contribution >= 0.6 is 12.2 Å². The lowest BCUT2D eigenvalue weighted by Gasteiger charge is -2.44. The molecule has 1 saturated heterocycles. The van der Waals surface area contributed by atoms with E-state index in [-0.39, 0.29) is 40.9 Å². The topological polar surface area (TPSA) is 71.4 Å². The van der Waals surface area contributed by atoms with Gasteiger partial charge in [0.1, 0.15) is 0 Å². The van der Waals surface area contributed by atoms with Crippen molar-refractivity contribution < 1.29 is 9.59 Å². The van der Waals surface area contributed by atoms with Crippen molar-refractivity contribution in [1.29, 1.82) is 0 Å². The van der Waals surface area contributed by atoms with Crippen molar-refractivity contribution in [2.45, 2.75) is 37.8 Å². The Morgan fingerprint density at radius 1 is 0.967 bits per heavy atom. The number of nitrogens with one attached hydrogen (secondary N) is 1. The van der Waals surface area contributed by atoms with E-state index in [1.54, 1.807) is 6.07 Å². The van der Waals surface area contributed by atoms with Gasteiger partial charge in [0.15, 0.2) is 16.7 Å². The average molecular weight is 424 g/mol. The van der Waals surface area contributed by atoms with Gasteiger partial charge in [0.25, 0.3) is 5.56 Å². The van der Waals surface area contributed by atoms with Gasteiger partial charge in [-0.15, -0.1) is 0 Å². The van der Waals surface area contributed by atoms with Crippen LogP contribution in [0.2, 0.25) is 0 Å². The molecule has 1 N–H and O–H groups in total. The number of likely N-dealkylation sites (tertiary alicyclic amines) is 1. The molecule has 6 rings (SSSR count). The van der Waals surface area contributed by atoms with Crippen LogP contribution in [0.15, 0.2) is 35.1 Å². The number of carbonyl (C=O) groups excluding carboxylic acids is 2. The first-order valence-corrected chi connectivity index (χ1v) is 11.4. The van der Waals surface area contributed by atoms with E-state index in [1.807, 2.05) is 10.6 Å². The van der Waals surface area contributed by atoms with Crippen LogP contribution in [0.4, 0.5) is 0 Å². The largest absolute Gasteiger partial charge is 0.360 e. The first-order chi connectivity index (χ1) is 14.5. The van der Waals surface area contributed by atoms with Crippen LogP contribution in [0.25, 0.3) is 0 Å². The fourth-order valence-electron chi connectivity index (χ4n) is 7.02. The average Bonchev–Trinajstić information content (AvgIpc) is 3.31. The molecule has 156 valence electrons. The van der Waals surface area contributed by atoms with Gasteiger partial charge in [0.05, 0.1) is 0 Å². The van der Waals surface area contributed by atoms with Crippen molar-refractivity contribution in [3.05, 3.63) is 46.4 Å². The summed E-state index contributed by atoms with van der Waals surface area (Å²) in [5.74, 6) is 1.19. The third kappa shape index (κ3) is 2.67. The zero-order valence-corrected chi connectivity index (χ0v) is 17.5. The molecule has 3 aliphatic carbocycles. The van der Waals surface area contributed by atoms with Gasteiger partial charge in [-0.1, -0.05) is 6.07 Å². The van der Waals surface area contributed by atoms with Gasteiger partial charge >= 0.3 is 0 Å². The van der Waals surface area contributed by atoms with Crippen molar-refractivity contribution in [2.24, 2.45) is 29.6 Å². The number of aromatic nitrogens is 1. The molecular weight excluding hydrogens is 398 g/mol. The van der Waals surface area contributed by atoms with Crippen LogP contribution in [0, 0.1) is 29.6 Å². The Bertz CT molecular complexity index is 1050. The SMILES string of the molecule is O=C1C=CC(=O)C2C3CC(CC3NC(=S)N3CC4CC(C3)c3cccc(=O)n3C4)C12. The molecule has 4 bridgehead atoms. The summed E-state index contributed by atoms with van der Waals surface area (Å²) in [5.41, 5.74) is 1.21. The fourth-order valence-corrected chi connectivity index (χ4v) is 7.32. The van der Waals surface area contributed by atoms with Gasteiger partial charge in [-0.05, 0) is 67.5 Å². The minimum atomic E-state index is -0.166. The molecule has 2 saturated carbocycles. The highest BCUT2D eigenvalue weighted by Gasteiger charge is 2.58. The van der Waals surface area contributed by atoms with E-state index < -0.39 is 0 Å². The molecule has 1 aromatic heterocycles. The van der Waals surface area contributed by atoms with Crippen molar-refractivity contribution in [3.63, 3.8) is 0 Å². The third-order valence-electron chi connectivity index (χ3n) is 8.15. The van der Waals surface area contributed by atoms with Gasteiger partial charge in [-0.25, -0.2) is 0 Å². The van der Waals surface area contributed by atoms with Crippen molar-refractivity contribution in [1.82, 2.24) is 14.8 Å². The number of piperidine rings is 1. The van der Waals surface area contributed by atoms with Gasteiger partial charge < -0.3 is 14.8 Å². The molecule has 0 aromatic carbocycles. The molecule has 5 aliphatic rings. The quantitative estimate of drug-likeness (QED) is 0.690. The van der Waals surface area contributed by atoms with Crippen LogP contribution in [0.3, 0.4) is 0 Å². The van der Waals surface area contributed by atoms with Crippen molar-refractivity contribution >= 4 is 28.9 Å². The van der Waals surface area contributed by atoms with E-state index in [0.717, 1.165) is 49.7 Å². The van der Waals surface area contributed by atoms with Crippen LogP contribution in [0.5, 0.6) is 0 Å². The van der Waals surface area contributed by atoms with Crippen molar-refractivity contribution in [3.8, 4) is 0 Å². The van der Waals surface area contributed by atoms with E-state index in [4.69, 9.17) is 12.2 Å². The summed E-state index contributed by atoms with van der Waals surface area (Å²) in [5, 5.41) is 4.33. The number of rotatable bonds is 1. The molecule has 0 radical (unpaired) electrons. The van der Waals surface area contributed by atoms with Gasteiger partial charge in [-0.3, -0.25) is 14.4 Å². The molecule has 2 aliphatic heterocycles. The summed E-state index contributed by atoms with van der Waals surface area (Å²) in [6, 6.07) is 5.73. The normalized spacial score (nSPS) is 38.4. The highest BCUT2D eigenvalue weighted by atomic mass is 32.1. The predicted octanol–water partition coefficient (Wildman–Crippen LogP) is 1.49. The monoisotopic (exact) mass is 423 g/mol. The summed E-state index contributed by atoms with van der Waals surface area (Å²) in [6.45, 7) is 2.43. The fraction of sp³-hybridized carbons (Fsp3) is 0.565. The first kappa shape index (κ1) is 18.5. The van der Waals surface area contributed by atoms with Gasteiger partial charge in [0, 0.05) is 55.2 Å². The summed E-state index contributed by atoms with van der Waals surface area (Å²) in [6.07, 6.45) is 5.91. The van der Waals surface area contributed by atoms with Gasteiger partial charge in [-0.2, -0.15) is 0 Å². The highest BCUT2D eigenvalue weighted by molar-refractivity contribution is 7.80. The Hall–Kier alpha value is -2.28. The molecule has 1 aromatic rings. The Labute approximate surface area is 180 Å². The van der Waals surface area contributed by atoms with E-state index in [2.05, 4.69) is 16.3 Å². The molecule has 3 heterocycles. The maximum absolute atomic E-state index is 12.5. The Morgan fingerprint density at radius 3 is 2.60 bits per heavy atom. The smallest absolute Gasteiger partial charge is 0.250 e. The summed E-state index contributed by atoms with van der Waals surface area (Å²) in [4.78, 5) is 39.3. The first-order valence-electron chi connectivity index (χ1n) is 11.0. The molecule has 30 heavy (non-hydrogen) atoms. The third-order valence-corrected chi connectivity index (χ3v) is 8.53. The van der Waals surface area contributed by atoms with Crippen LogP contribution in [-0.4, -0.2) is 45.3 Å². The molecule has 7 heteroatoms. The van der Waals surface area contributed by atoms with Crippen LogP contribution < -0.4 is 10.9 Å². The number of nitrogens with zero attached hydrogens (tertiary/aromatic N) is 2. The maximum atomic E-state index is 12.5. The number of fused-ring (bicyclic) bond motifs is 9. The Morgan fingerprint density at radius 2 is 1.77 bits per heavy atom. The molecule has 0 spiro atoms. The van der Waals surface area contributed by atoms with E-state index in [1.165, 1.54) is 12.2 Å². The molecule has 7 unspecified atom stereocenters. The molecule has 0 amide bonds. The minimum absolute atomic E-state index is 0.0913. The number of carbonyl (C=O) groups is 2. The number of hydrogen-bond donors (Lipinski definition) is 1. The number of pyridine rings is 1. The lowest BCUT2D eigenvalue weighted by molar-refractivity contribution is -0.131. The summed E-state index contributed by atoms with van der Waals surface area (Å²) < 4.78 is 1.93. The number of ketones is 2. The van der Waals surface area contributed by atoms with Crippen LogP contribution in [-0.2, 0) is 16.1 Å². The molecule has 6 nitrogen and oxygen atoms in total. The maximum Gasteiger partial charge on any atom is 0.250 e. The number of thiocarbonyl (C=S) groups is 1. The predicted molar refractivity (Wildman–Crippen MR) is 115 cm³/mol. The second-order valence-electron chi connectivity index (χ2n) is 9.74. The zero-order chi connectivity index (χ0) is 20.6. The lowest BCUT2D eigenvalue weighted by atomic mass is 9.70. The minimum Gasteiger partial charge on any atom is -0.360 e.